The van der Waals surface area contributed by atoms with Crippen LogP contribution in [0.2, 0.25) is 0 Å². The van der Waals surface area contributed by atoms with Gasteiger partial charge < -0.3 is 9.84 Å². The quantitative estimate of drug-likeness (QED) is 0.919. The number of amides is 1. The van der Waals surface area contributed by atoms with E-state index in [4.69, 9.17) is 9.84 Å². The van der Waals surface area contributed by atoms with Crippen LogP contribution < -0.4 is 4.74 Å². The summed E-state index contributed by atoms with van der Waals surface area (Å²) in [4.78, 5) is 24.1. The minimum Gasteiger partial charge on any atom is -0.496 e. The molecule has 0 saturated heterocycles. The highest BCUT2D eigenvalue weighted by Crippen LogP contribution is 2.30. The number of carbonyl (C=O) groups excluding carboxylic acids is 1. The summed E-state index contributed by atoms with van der Waals surface area (Å²) < 4.78 is 5.20. The van der Waals surface area contributed by atoms with Crippen LogP contribution in [0.4, 0.5) is 0 Å². The van der Waals surface area contributed by atoms with Crippen molar-refractivity contribution >= 4 is 29.3 Å². The van der Waals surface area contributed by atoms with Crippen LogP contribution in [0, 0.1) is 6.92 Å². The summed E-state index contributed by atoms with van der Waals surface area (Å²) in [5, 5.41) is 10.8. The number of benzene rings is 1. The lowest BCUT2D eigenvalue weighted by atomic mass is 10.1. The lowest BCUT2D eigenvalue weighted by molar-refractivity contribution is -0.141. The second kappa shape index (κ2) is 6.00. The molecule has 2 rings (SSSR count). The first-order chi connectivity index (χ1) is 9.52. The number of aliphatic carboxylic acids is 1. The van der Waals surface area contributed by atoms with Crippen molar-refractivity contribution in [3.05, 3.63) is 34.7 Å². The topological polar surface area (TPSA) is 66.8 Å². The minimum atomic E-state index is -1.03. The first-order valence-electron chi connectivity index (χ1n) is 6.02. The number of aryl methyl sites for hydroxylation is 1. The summed E-state index contributed by atoms with van der Waals surface area (Å²) in [7, 11) is 1.60. The molecule has 1 N–H and O–H groups in total. The zero-order valence-electron chi connectivity index (χ0n) is 11.3. The van der Waals surface area contributed by atoms with Crippen molar-refractivity contribution in [3.8, 4) is 5.75 Å². The molecule has 5 nitrogen and oxygen atoms in total. The molecule has 0 atom stereocenters. The standard InChI is InChI=1S/C14H15NO4S/c1-9-5-10(3-4-12(9)19-2)11-7-20-8-13(16)15(11)6-14(17)18/h3-5,7H,6,8H2,1-2H3,(H,17,18). The molecule has 0 radical (unpaired) electrons. The summed E-state index contributed by atoms with van der Waals surface area (Å²) in [6, 6.07) is 5.53. The normalized spacial score (nSPS) is 15.0. The van der Waals surface area contributed by atoms with Crippen LogP contribution in [0.1, 0.15) is 11.1 Å². The van der Waals surface area contributed by atoms with E-state index >= 15 is 0 Å². The molecule has 1 aliphatic rings. The third kappa shape index (κ3) is 2.96. The maximum absolute atomic E-state index is 11.9. The average molecular weight is 293 g/mol. The van der Waals surface area contributed by atoms with Gasteiger partial charge in [-0.05, 0) is 41.7 Å². The van der Waals surface area contributed by atoms with E-state index < -0.39 is 5.97 Å². The molecule has 0 aromatic heterocycles. The number of rotatable bonds is 4. The number of methoxy groups -OCH3 is 1. The molecule has 1 aromatic carbocycles. The highest BCUT2D eigenvalue weighted by Gasteiger charge is 2.25. The predicted molar refractivity (Wildman–Crippen MR) is 77.5 cm³/mol. The zero-order chi connectivity index (χ0) is 14.7. The van der Waals surface area contributed by atoms with Crippen LogP contribution in [-0.2, 0) is 9.59 Å². The summed E-state index contributed by atoms with van der Waals surface area (Å²) in [5.74, 6) is -0.190. The van der Waals surface area contributed by atoms with Gasteiger partial charge in [-0.3, -0.25) is 14.5 Å². The highest BCUT2D eigenvalue weighted by atomic mass is 32.2. The van der Waals surface area contributed by atoms with Crippen LogP contribution in [0.15, 0.2) is 23.6 Å². The van der Waals surface area contributed by atoms with Crippen LogP contribution in [0.5, 0.6) is 5.75 Å². The number of thioether (sulfide) groups is 1. The molecule has 1 aliphatic heterocycles. The monoisotopic (exact) mass is 293 g/mol. The third-order valence-corrected chi connectivity index (χ3v) is 3.78. The molecule has 0 bridgehead atoms. The van der Waals surface area contributed by atoms with E-state index in [1.54, 1.807) is 7.11 Å². The Kier molecular flexibility index (Phi) is 4.34. The third-order valence-electron chi connectivity index (χ3n) is 2.98. The van der Waals surface area contributed by atoms with Crippen molar-refractivity contribution < 1.29 is 19.4 Å². The van der Waals surface area contributed by atoms with E-state index in [1.165, 1.54) is 16.7 Å². The number of ether oxygens (including phenoxy) is 1. The van der Waals surface area contributed by atoms with Crippen LogP contribution in [-0.4, -0.2) is 41.3 Å². The molecule has 20 heavy (non-hydrogen) atoms. The van der Waals surface area contributed by atoms with Crippen LogP contribution >= 0.6 is 11.8 Å². The molecule has 1 aromatic rings. The predicted octanol–water partition coefficient (Wildman–Crippen LogP) is 1.96. The summed E-state index contributed by atoms with van der Waals surface area (Å²) in [6.07, 6.45) is 0. The van der Waals surface area contributed by atoms with E-state index in [-0.39, 0.29) is 18.2 Å². The van der Waals surface area contributed by atoms with Crippen molar-refractivity contribution in [3.63, 3.8) is 0 Å². The molecule has 1 amide bonds. The molecule has 0 spiro atoms. The molecule has 0 unspecified atom stereocenters. The smallest absolute Gasteiger partial charge is 0.323 e. The van der Waals surface area contributed by atoms with Gasteiger partial charge in [0.25, 0.3) is 0 Å². The maximum atomic E-state index is 11.9. The molecular formula is C14H15NO4S. The van der Waals surface area contributed by atoms with E-state index in [0.717, 1.165) is 16.9 Å². The number of carboxylic acid groups (broad SMARTS) is 1. The average Bonchev–Trinajstić information content (AvgIpc) is 2.40. The molecule has 106 valence electrons. The number of hydrogen-bond acceptors (Lipinski definition) is 4. The first-order valence-corrected chi connectivity index (χ1v) is 7.06. The van der Waals surface area contributed by atoms with Crippen molar-refractivity contribution in [2.75, 3.05) is 19.4 Å². The van der Waals surface area contributed by atoms with Gasteiger partial charge in [-0.1, -0.05) is 0 Å². The Morgan fingerprint density at radius 3 is 2.85 bits per heavy atom. The molecule has 6 heteroatoms. The van der Waals surface area contributed by atoms with Gasteiger partial charge in [-0.25, -0.2) is 0 Å². The Hall–Kier alpha value is -1.95. The number of nitrogens with zero attached hydrogens (tertiary/aromatic N) is 1. The first kappa shape index (κ1) is 14.5. The second-order valence-corrected chi connectivity index (χ2v) is 5.23. The van der Waals surface area contributed by atoms with Crippen molar-refractivity contribution in [2.45, 2.75) is 6.92 Å². The largest absolute Gasteiger partial charge is 0.496 e. The van der Waals surface area contributed by atoms with Gasteiger partial charge in [0.05, 0.1) is 18.6 Å². The van der Waals surface area contributed by atoms with Crippen molar-refractivity contribution in [1.29, 1.82) is 0 Å². The molecule has 1 heterocycles. The van der Waals surface area contributed by atoms with Gasteiger partial charge in [-0.15, -0.1) is 11.8 Å². The molecule has 0 saturated carbocycles. The van der Waals surface area contributed by atoms with E-state index in [1.807, 2.05) is 30.5 Å². The highest BCUT2D eigenvalue weighted by molar-refractivity contribution is 8.03. The van der Waals surface area contributed by atoms with Gasteiger partial charge in [0.15, 0.2) is 0 Å². The Labute approximate surface area is 121 Å². The SMILES string of the molecule is COc1ccc(C2=CSCC(=O)N2CC(=O)O)cc1C. The van der Waals surface area contributed by atoms with Gasteiger partial charge in [0.2, 0.25) is 5.91 Å². The van der Waals surface area contributed by atoms with Gasteiger partial charge in [-0.2, -0.15) is 0 Å². The van der Waals surface area contributed by atoms with E-state index in [9.17, 15) is 9.59 Å². The van der Waals surface area contributed by atoms with Gasteiger partial charge >= 0.3 is 5.97 Å². The Morgan fingerprint density at radius 2 is 2.25 bits per heavy atom. The van der Waals surface area contributed by atoms with Crippen LogP contribution in [0.3, 0.4) is 0 Å². The fourth-order valence-electron chi connectivity index (χ4n) is 2.04. The Balaban J connectivity index is 2.37. The van der Waals surface area contributed by atoms with Crippen molar-refractivity contribution in [2.24, 2.45) is 0 Å². The summed E-state index contributed by atoms with van der Waals surface area (Å²) >= 11 is 1.38. The maximum Gasteiger partial charge on any atom is 0.323 e. The minimum absolute atomic E-state index is 0.191. The Bertz CT molecular complexity index is 583. The Morgan fingerprint density at radius 1 is 1.50 bits per heavy atom. The van der Waals surface area contributed by atoms with E-state index in [2.05, 4.69) is 0 Å². The van der Waals surface area contributed by atoms with Crippen molar-refractivity contribution in [1.82, 2.24) is 4.90 Å². The molecular weight excluding hydrogens is 278 g/mol. The fourth-order valence-corrected chi connectivity index (χ4v) is 2.84. The summed E-state index contributed by atoms with van der Waals surface area (Å²) in [6.45, 7) is 1.58. The number of carboxylic acids is 1. The lowest BCUT2D eigenvalue weighted by Gasteiger charge is -2.27. The number of carbonyl (C=O) groups is 2. The summed E-state index contributed by atoms with van der Waals surface area (Å²) in [5.41, 5.74) is 2.37. The zero-order valence-corrected chi connectivity index (χ0v) is 12.1. The number of hydrogen-bond donors (Lipinski definition) is 1. The van der Waals surface area contributed by atoms with E-state index in [0.29, 0.717) is 5.70 Å². The van der Waals surface area contributed by atoms with Crippen LogP contribution in [0.25, 0.3) is 5.70 Å². The molecule has 0 fully saturated rings. The second-order valence-electron chi connectivity index (χ2n) is 4.37. The van der Waals surface area contributed by atoms with Gasteiger partial charge in [0.1, 0.15) is 12.3 Å². The van der Waals surface area contributed by atoms with Gasteiger partial charge in [0, 0.05) is 0 Å². The lowest BCUT2D eigenvalue weighted by Crippen LogP contribution is -2.37. The fraction of sp³-hybridized carbons (Fsp3) is 0.286. The molecule has 0 aliphatic carbocycles.